The molecule has 4 nitrogen and oxygen atoms in total. The summed E-state index contributed by atoms with van der Waals surface area (Å²) in [5.74, 6) is 2.00. The van der Waals surface area contributed by atoms with Crippen LogP contribution in [0.3, 0.4) is 0 Å². The molecule has 0 unspecified atom stereocenters. The van der Waals surface area contributed by atoms with E-state index in [0.717, 1.165) is 60.9 Å². The molecule has 1 aliphatic carbocycles. The summed E-state index contributed by atoms with van der Waals surface area (Å²) >= 11 is 0. The van der Waals surface area contributed by atoms with Crippen LogP contribution < -0.4 is 10.1 Å². The van der Waals surface area contributed by atoms with E-state index in [-0.39, 0.29) is 0 Å². The van der Waals surface area contributed by atoms with Crippen molar-refractivity contribution >= 4 is 5.82 Å². The van der Waals surface area contributed by atoms with Crippen molar-refractivity contribution in [1.29, 1.82) is 0 Å². The molecule has 0 amide bonds. The Morgan fingerprint density at radius 2 is 1.68 bits per heavy atom. The predicted molar refractivity (Wildman–Crippen MR) is 117 cm³/mol. The highest BCUT2D eigenvalue weighted by atomic mass is 16.5. The second-order valence-corrected chi connectivity index (χ2v) is 7.63. The van der Waals surface area contributed by atoms with Crippen LogP contribution in [0.15, 0.2) is 12.1 Å². The molecule has 1 aromatic carbocycles. The number of hydrogen-bond acceptors (Lipinski definition) is 4. The van der Waals surface area contributed by atoms with Gasteiger partial charge in [-0.3, -0.25) is 0 Å². The molecule has 0 saturated heterocycles. The summed E-state index contributed by atoms with van der Waals surface area (Å²) in [6.45, 7) is 7.54. The lowest BCUT2D eigenvalue weighted by molar-refractivity contribution is 0.406. The van der Waals surface area contributed by atoms with Gasteiger partial charge in [0.05, 0.1) is 24.2 Å². The van der Waals surface area contributed by atoms with Gasteiger partial charge in [0.15, 0.2) is 0 Å². The van der Waals surface area contributed by atoms with E-state index in [1.807, 2.05) is 0 Å². The highest BCUT2D eigenvalue weighted by Gasteiger charge is 2.22. The molecule has 0 bridgehead atoms. The van der Waals surface area contributed by atoms with Gasteiger partial charge in [0.25, 0.3) is 0 Å². The smallest absolute Gasteiger partial charge is 0.148 e. The van der Waals surface area contributed by atoms with Gasteiger partial charge >= 0.3 is 0 Å². The first-order chi connectivity index (χ1) is 13.7. The van der Waals surface area contributed by atoms with Crippen LogP contribution in [-0.2, 0) is 25.7 Å². The van der Waals surface area contributed by atoms with Crippen LogP contribution in [-0.4, -0.2) is 23.6 Å². The Hall–Kier alpha value is -2.10. The van der Waals surface area contributed by atoms with Crippen LogP contribution >= 0.6 is 0 Å². The molecule has 0 saturated carbocycles. The van der Waals surface area contributed by atoms with E-state index in [0.29, 0.717) is 0 Å². The summed E-state index contributed by atoms with van der Waals surface area (Å²) in [7, 11) is 1.77. The minimum atomic E-state index is 0.886. The molecule has 3 rings (SSSR count). The van der Waals surface area contributed by atoms with Crippen LogP contribution in [0.1, 0.15) is 75.4 Å². The van der Waals surface area contributed by atoms with E-state index in [2.05, 4.69) is 38.2 Å². The number of ether oxygens (including phenoxy) is 1. The summed E-state index contributed by atoms with van der Waals surface area (Å²) in [4.78, 5) is 10.2. The fourth-order valence-electron chi connectivity index (χ4n) is 4.18. The monoisotopic (exact) mass is 381 g/mol. The third-order valence-corrected chi connectivity index (χ3v) is 5.75. The van der Waals surface area contributed by atoms with Crippen LogP contribution in [0.5, 0.6) is 5.75 Å². The fraction of sp³-hybridized carbons (Fsp3) is 0.583. The highest BCUT2D eigenvalue weighted by molar-refractivity contribution is 5.71. The summed E-state index contributed by atoms with van der Waals surface area (Å²) in [5.41, 5.74) is 7.28. The first-order valence-corrected chi connectivity index (χ1v) is 11.1. The van der Waals surface area contributed by atoms with Gasteiger partial charge in [-0.25, -0.2) is 9.97 Å². The van der Waals surface area contributed by atoms with E-state index in [1.54, 1.807) is 7.11 Å². The first kappa shape index (κ1) is 20.6. The van der Waals surface area contributed by atoms with Crippen molar-refractivity contribution in [3.05, 3.63) is 34.6 Å². The second-order valence-electron chi connectivity index (χ2n) is 7.63. The number of aromatic nitrogens is 2. The van der Waals surface area contributed by atoms with E-state index in [9.17, 15) is 0 Å². The van der Waals surface area contributed by atoms with Crippen LogP contribution in [0.2, 0.25) is 0 Å². The zero-order valence-corrected chi connectivity index (χ0v) is 18.0. The van der Waals surface area contributed by atoms with Crippen molar-refractivity contribution in [1.82, 2.24) is 9.97 Å². The average Bonchev–Trinajstić information content (AvgIpc) is 2.75. The summed E-state index contributed by atoms with van der Waals surface area (Å²) in [5, 5.41) is 3.54. The topological polar surface area (TPSA) is 47.0 Å². The van der Waals surface area contributed by atoms with Gasteiger partial charge in [0.1, 0.15) is 11.6 Å². The van der Waals surface area contributed by atoms with Gasteiger partial charge in [-0.2, -0.15) is 0 Å². The lowest BCUT2D eigenvalue weighted by Crippen LogP contribution is -2.12. The standard InChI is InChI=1S/C24H35N3O/c1-5-8-11-16-25-24-21(7-3)26-23(20(6-2)27-24)19-14-15-22(28-4)18-13-10-9-12-17(18)19/h14-15H,5-13,16H2,1-4H3,(H,25,27). The number of rotatable bonds is 9. The maximum atomic E-state index is 5.64. The number of nitrogens with zero attached hydrogens (tertiary/aromatic N) is 2. The Morgan fingerprint density at radius 3 is 2.36 bits per heavy atom. The third kappa shape index (κ3) is 4.31. The molecule has 0 radical (unpaired) electrons. The van der Waals surface area contributed by atoms with Crippen molar-refractivity contribution in [2.24, 2.45) is 0 Å². The lowest BCUT2D eigenvalue weighted by Gasteiger charge is -2.23. The van der Waals surface area contributed by atoms with Gasteiger partial charge in [-0.15, -0.1) is 0 Å². The molecule has 4 heteroatoms. The molecule has 28 heavy (non-hydrogen) atoms. The zero-order chi connectivity index (χ0) is 19.9. The molecule has 0 fully saturated rings. The van der Waals surface area contributed by atoms with E-state index >= 15 is 0 Å². The maximum absolute atomic E-state index is 5.64. The number of nitrogens with one attached hydrogen (secondary N) is 1. The largest absolute Gasteiger partial charge is 0.496 e. The number of anilines is 1. The summed E-state index contributed by atoms with van der Waals surface area (Å²) < 4.78 is 5.64. The Bertz CT molecular complexity index is 801. The molecule has 1 N–H and O–H groups in total. The highest BCUT2D eigenvalue weighted by Crippen LogP contribution is 2.37. The zero-order valence-electron chi connectivity index (χ0n) is 18.0. The number of methoxy groups -OCH3 is 1. The quantitative estimate of drug-likeness (QED) is 0.561. The maximum Gasteiger partial charge on any atom is 0.148 e. The number of unbranched alkanes of at least 4 members (excludes halogenated alkanes) is 2. The van der Waals surface area contributed by atoms with Gasteiger partial charge in [-0.1, -0.05) is 33.6 Å². The van der Waals surface area contributed by atoms with Crippen molar-refractivity contribution in [2.75, 3.05) is 19.0 Å². The fourth-order valence-corrected chi connectivity index (χ4v) is 4.18. The Morgan fingerprint density at radius 1 is 0.929 bits per heavy atom. The SMILES string of the molecule is CCCCCNc1nc(CC)c(-c2ccc(OC)c3c2CCCC3)nc1CC. The van der Waals surface area contributed by atoms with Crippen molar-refractivity contribution in [3.8, 4) is 17.0 Å². The molecule has 152 valence electrons. The Labute approximate surface area is 170 Å². The number of hydrogen-bond donors (Lipinski definition) is 1. The lowest BCUT2D eigenvalue weighted by atomic mass is 9.86. The number of aryl methyl sites for hydroxylation is 2. The van der Waals surface area contributed by atoms with Crippen LogP contribution in [0.4, 0.5) is 5.82 Å². The van der Waals surface area contributed by atoms with Crippen molar-refractivity contribution < 1.29 is 4.74 Å². The normalized spacial score (nSPS) is 13.3. The third-order valence-electron chi connectivity index (χ3n) is 5.75. The number of fused-ring (bicyclic) bond motifs is 1. The van der Waals surface area contributed by atoms with Crippen LogP contribution in [0, 0.1) is 0 Å². The minimum Gasteiger partial charge on any atom is -0.496 e. The van der Waals surface area contributed by atoms with Gasteiger partial charge in [-0.05, 0) is 68.2 Å². The number of benzene rings is 1. The van der Waals surface area contributed by atoms with E-state index in [4.69, 9.17) is 14.7 Å². The predicted octanol–water partition coefficient (Wildman–Crippen LogP) is 5.76. The summed E-state index contributed by atoms with van der Waals surface area (Å²) in [6.07, 6.45) is 10.1. The van der Waals surface area contributed by atoms with Crippen LogP contribution in [0.25, 0.3) is 11.3 Å². The second kappa shape index (κ2) is 9.90. The molecule has 1 aromatic heterocycles. The molecule has 1 heterocycles. The first-order valence-electron chi connectivity index (χ1n) is 11.1. The molecule has 0 spiro atoms. The molecule has 2 aromatic rings. The van der Waals surface area contributed by atoms with Crippen molar-refractivity contribution in [2.45, 2.75) is 78.6 Å². The Kier molecular flexibility index (Phi) is 7.30. The van der Waals surface area contributed by atoms with E-state index < -0.39 is 0 Å². The molecule has 1 aliphatic rings. The average molecular weight is 382 g/mol. The van der Waals surface area contributed by atoms with Crippen molar-refractivity contribution in [3.63, 3.8) is 0 Å². The Balaban J connectivity index is 2.02. The molecular formula is C24H35N3O. The molecule has 0 aliphatic heterocycles. The molecule has 0 atom stereocenters. The minimum absolute atomic E-state index is 0.886. The van der Waals surface area contributed by atoms with Gasteiger partial charge in [0.2, 0.25) is 0 Å². The van der Waals surface area contributed by atoms with Gasteiger partial charge in [0, 0.05) is 12.1 Å². The van der Waals surface area contributed by atoms with E-state index in [1.165, 1.54) is 48.8 Å². The summed E-state index contributed by atoms with van der Waals surface area (Å²) in [6, 6.07) is 4.31. The molecular weight excluding hydrogens is 346 g/mol. The van der Waals surface area contributed by atoms with Gasteiger partial charge < -0.3 is 10.1 Å².